The zero-order valence-electron chi connectivity index (χ0n) is 19.6. The summed E-state index contributed by atoms with van der Waals surface area (Å²) in [7, 11) is 0. The Morgan fingerprint density at radius 3 is 2.42 bits per heavy atom. The average Bonchev–Trinajstić information content (AvgIpc) is 2.76. The molecule has 178 valence electrons. The van der Waals surface area contributed by atoms with Gasteiger partial charge in [0, 0.05) is 44.2 Å². The number of halogens is 1. The fraction of sp³-hybridized carbons (Fsp3) is 0.560. The SMILES string of the molecule is Cc1cc(OCCCC2CCN(c3ncc(Cl)cn3)CC2)cc(C)c1C(=O)NCC1CNC1. The van der Waals surface area contributed by atoms with Crippen molar-refractivity contribution in [2.24, 2.45) is 11.8 Å². The van der Waals surface area contributed by atoms with Crippen LogP contribution in [0.25, 0.3) is 0 Å². The van der Waals surface area contributed by atoms with Crippen molar-refractivity contribution in [2.45, 2.75) is 39.5 Å². The molecule has 33 heavy (non-hydrogen) atoms. The summed E-state index contributed by atoms with van der Waals surface area (Å²) in [5, 5.41) is 6.87. The quantitative estimate of drug-likeness (QED) is 0.542. The van der Waals surface area contributed by atoms with E-state index in [1.165, 1.54) is 0 Å². The molecule has 1 aromatic carbocycles. The van der Waals surface area contributed by atoms with E-state index < -0.39 is 0 Å². The van der Waals surface area contributed by atoms with Gasteiger partial charge >= 0.3 is 0 Å². The Hall–Kier alpha value is -2.38. The molecule has 1 aromatic heterocycles. The third kappa shape index (κ3) is 6.36. The summed E-state index contributed by atoms with van der Waals surface area (Å²) in [6.45, 7) is 9.32. The van der Waals surface area contributed by atoms with Crippen LogP contribution in [0.2, 0.25) is 5.02 Å². The lowest BCUT2D eigenvalue weighted by molar-refractivity contribution is 0.0941. The van der Waals surface area contributed by atoms with Crippen molar-refractivity contribution in [3.8, 4) is 5.75 Å². The van der Waals surface area contributed by atoms with Crippen LogP contribution in [0.4, 0.5) is 5.95 Å². The number of carbonyl (C=O) groups is 1. The van der Waals surface area contributed by atoms with Crippen LogP contribution < -0.4 is 20.3 Å². The molecule has 7 nitrogen and oxygen atoms in total. The number of benzene rings is 1. The van der Waals surface area contributed by atoms with Gasteiger partial charge < -0.3 is 20.3 Å². The molecular weight excluding hydrogens is 438 g/mol. The Bertz CT molecular complexity index is 917. The first kappa shape index (κ1) is 23.8. The number of hydrogen-bond donors (Lipinski definition) is 2. The number of nitrogens with zero attached hydrogens (tertiary/aromatic N) is 3. The van der Waals surface area contributed by atoms with Crippen molar-refractivity contribution in [3.63, 3.8) is 0 Å². The van der Waals surface area contributed by atoms with E-state index in [-0.39, 0.29) is 5.91 Å². The molecule has 0 atom stereocenters. The number of nitrogens with one attached hydrogen (secondary N) is 2. The first-order chi connectivity index (χ1) is 16.0. The second-order valence-corrected chi connectivity index (χ2v) is 9.73. The number of aryl methyl sites for hydroxylation is 2. The zero-order chi connectivity index (χ0) is 23.2. The van der Waals surface area contributed by atoms with Crippen LogP contribution in [0.15, 0.2) is 24.5 Å². The number of carbonyl (C=O) groups excluding carboxylic acids is 1. The number of hydrogen-bond acceptors (Lipinski definition) is 6. The summed E-state index contributed by atoms with van der Waals surface area (Å²) >= 11 is 5.88. The van der Waals surface area contributed by atoms with Gasteiger partial charge in [0.1, 0.15) is 5.75 Å². The van der Waals surface area contributed by atoms with Crippen molar-refractivity contribution in [2.75, 3.05) is 44.2 Å². The van der Waals surface area contributed by atoms with E-state index >= 15 is 0 Å². The van der Waals surface area contributed by atoms with Gasteiger partial charge in [0.15, 0.2) is 0 Å². The van der Waals surface area contributed by atoms with Crippen LogP contribution in [0.1, 0.15) is 47.2 Å². The van der Waals surface area contributed by atoms with E-state index in [4.69, 9.17) is 16.3 Å². The Kier molecular flexibility index (Phi) is 8.04. The number of rotatable bonds is 9. The van der Waals surface area contributed by atoms with Gasteiger partial charge in [-0.1, -0.05) is 11.6 Å². The normalized spacial score (nSPS) is 17.0. The minimum Gasteiger partial charge on any atom is -0.494 e. The zero-order valence-corrected chi connectivity index (χ0v) is 20.3. The van der Waals surface area contributed by atoms with E-state index in [0.29, 0.717) is 23.5 Å². The van der Waals surface area contributed by atoms with Crippen LogP contribution in [-0.4, -0.2) is 55.2 Å². The molecule has 0 spiro atoms. The summed E-state index contributed by atoms with van der Waals surface area (Å²) in [4.78, 5) is 23.5. The molecule has 4 rings (SSSR count). The van der Waals surface area contributed by atoms with Crippen molar-refractivity contribution in [3.05, 3.63) is 46.2 Å². The van der Waals surface area contributed by atoms with Crippen LogP contribution in [-0.2, 0) is 0 Å². The fourth-order valence-corrected chi connectivity index (χ4v) is 4.73. The Morgan fingerprint density at radius 1 is 1.15 bits per heavy atom. The van der Waals surface area contributed by atoms with E-state index in [0.717, 1.165) is 86.8 Å². The summed E-state index contributed by atoms with van der Waals surface area (Å²) in [5.74, 6) is 2.88. The van der Waals surface area contributed by atoms with E-state index in [9.17, 15) is 4.79 Å². The molecule has 2 aliphatic heterocycles. The highest BCUT2D eigenvalue weighted by Gasteiger charge is 2.21. The predicted molar refractivity (Wildman–Crippen MR) is 131 cm³/mol. The maximum atomic E-state index is 12.6. The second kappa shape index (κ2) is 11.2. The molecule has 2 fully saturated rings. The second-order valence-electron chi connectivity index (χ2n) is 9.29. The minimum absolute atomic E-state index is 0.0128. The van der Waals surface area contributed by atoms with Gasteiger partial charge in [0.25, 0.3) is 5.91 Å². The number of anilines is 1. The molecule has 0 radical (unpaired) electrons. The number of piperidine rings is 1. The van der Waals surface area contributed by atoms with E-state index in [1.807, 2.05) is 26.0 Å². The summed E-state index contributed by atoms with van der Waals surface area (Å²) in [5.41, 5.74) is 2.70. The van der Waals surface area contributed by atoms with Crippen molar-refractivity contribution < 1.29 is 9.53 Å². The number of amides is 1. The van der Waals surface area contributed by atoms with E-state index in [2.05, 4.69) is 25.5 Å². The first-order valence-electron chi connectivity index (χ1n) is 11.9. The number of ether oxygens (including phenoxy) is 1. The summed E-state index contributed by atoms with van der Waals surface area (Å²) in [6.07, 6.45) is 7.78. The Morgan fingerprint density at radius 2 is 1.82 bits per heavy atom. The van der Waals surface area contributed by atoms with Gasteiger partial charge in [0.2, 0.25) is 5.95 Å². The molecule has 2 aliphatic rings. The molecule has 0 saturated carbocycles. The van der Waals surface area contributed by atoms with Gasteiger partial charge in [-0.05, 0) is 68.7 Å². The van der Waals surface area contributed by atoms with Gasteiger partial charge in [-0.15, -0.1) is 0 Å². The maximum absolute atomic E-state index is 12.6. The van der Waals surface area contributed by atoms with Gasteiger partial charge in [-0.3, -0.25) is 4.79 Å². The molecule has 1 amide bonds. The minimum atomic E-state index is 0.0128. The smallest absolute Gasteiger partial charge is 0.251 e. The standard InChI is InChI=1S/C25H34ClN5O2/c1-17-10-22(11-18(2)23(17)24(32)28-14-20-12-27-13-20)33-9-3-4-19-5-7-31(8-6-19)25-29-15-21(26)16-30-25/h10-11,15-16,19-20,27H,3-9,12-14H2,1-2H3,(H,28,32). The number of aromatic nitrogens is 2. The molecule has 0 unspecified atom stereocenters. The average molecular weight is 472 g/mol. The summed E-state index contributed by atoms with van der Waals surface area (Å²) < 4.78 is 6.04. The molecule has 2 saturated heterocycles. The first-order valence-corrected chi connectivity index (χ1v) is 12.3. The Balaban J connectivity index is 1.18. The largest absolute Gasteiger partial charge is 0.494 e. The van der Waals surface area contributed by atoms with Crippen molar-refractivity contribution in [1.82, 2.24) is 20.6 Å². The third-order valence-electron chi connectivity index (χ3n) is 6.68. The summed E-state index contributed by atoms with van der Waals surface area (Å²) in [6, 6.07) is 3.97. The van der Waals surface area contributed by atoms with E-state index in [1.54, 1.807) is 12.4 Å². The maximum Gasteiger partial charge on any atom is 0.251 e. The molecule has 8 heteroatoms. The topological polar surface area (TPSA) is 79.4 Å². The van der Waals surface area contributed by atoms with Gasteiger partial charge in [-0.25, -0.2) is 9.97 Å². The highest BCUT2D eigenvalue weighted by Crippen LogP contribution is 2.26. The van der Waals surface area contributed by atoms with Crippen molar-refractivity contribution in [1.29, 1.82) is 0 Å². The predicted octanol–water partition coefficient (Wildman–Crippen LogP) is 3.77. The molecule has 2 aromatic rings. The van der Waals surface area contributed by atoms with Crippen molar-refractivity contribution >= 4 is 23.5 Å². The van der Waals surface area contributed by atoms with Crippen LogP contribution in [0.5, 0.6) is 5.75 Å². The van der Waals surface area contributed by atoms with Crippen LogP contribution in [0, 0.1) is 25.7 Å². The lowest BCUT2D eigenvalue weighted by atomic mass is 9.92. The Labute approximate surface area is 201 Å². The van der Waals surface area contributed by atoms with Gasteiger partial charge in [0.05, 0.1) is 24.0 Å². The highest BCUT2D eigenvalue weighted by molar-refractivity contribution is 6.30. The lowest BCUT2D eigenvalue weighted by Crippen LogP contribution is -2.48. The van der Waals surface area contributed by atoms with Gasteiger partial charge in [-0.2, -0.15) is 0 Å². The molecule has 0 bridgehead atoms. The monoisotopic (exact) mass is 471 g/mol. The van der Waals surface area contributed by atoms with Crippen LogP contribution >= 0.6 is 11.6 Å². The van der Waals surface area contributed by atoms with Crippen LogP contribution in [0.3, 0.4) is 0 Å². The molecule has 0 aliphatic carbocycles. The molecule has 2 N–H and O–H groups in total. The fourth-order valence-electron chi connectivity index (χ4n) is 4.64. The molecule has 3 heterocycles. The lowest BCUT2D eigenvalue weighted by Gasteiger charge is -2.32. The highest BCUT2D eigenvalue weighted by atomic mass is 35.5. The molecular formula is C25H34ClN5O2. The third-order valence-corrected chi connectivity index (χ3v) is 6.88.